The van der Waals surface area contributed by atoms with Crippen molar-refractivity contribution in [2.45, 2.75) is 15.8 Å². The molecule has 2 aromatic heterocycles. The summed E-state index contributed by atoms with van der Waals surface area (Å²) in [5, 5.41) is 47.6. The van der Waals surface area contributed by atoms with Crippen LogP contribution >= 0.6 is 46.2 Å². The van der Waals surface area contributed by atoms with E-state index in [-0.39, 0.29) is 81.4 Å². The quantitative estimate of drug-likeness (QED) is 0.0249. The average Bonchev–Trinajstić information content (AvgIpc) is 3.62. The van der Waals surface area contributed by atoms with Gasteiger partial charge in [0.05, 0.1) is 11.7 Å². The molecule has 0 saturated carbocycles. The number of aromatic nitrogens is 3. The Labute approximate surface area is 282 Å². The van der Waals surface area contributed by atoms with Crippen LogP contribution in [0.5, 0.6) is 11.5 Å². The predicted molar refractivity (Wildman–Crippen MR) is 156 cm³/mol. The van der Waals surface area contributed by atoms with Crippen molar-refractivity contribution in [1.29, 1.82) is 0 Å². The second-order valence-electron chi connectivity index (χ2n) is 8.56. The molecule has 1 saturated heterocycles. The molecule has 19 heteroatoms. The Morgan fingerprint density at radius 3 is 2.79 bits per heavy atom. The number of nitrogens with one attached hydrogen (secondary N) is 1. The monoisotopic (exact) mass is 669 g/mol. The molecule has 1 fully saturated rings. The largest absolute Gasteiger partial charge is 1.00 e. The summed E-state index contributed by atoms with van der Waals surface area (Å²) in [6, 6.07) is 3.27. The summed E-state index contributed by atoms with van der Waals surface area (Å²) in [5.41, 5.74) is 6.42. The minimum Gasteiger partial charge on any atom is -0.543 e. The fourth-order valence-corrected chi connectivity index (χ4v) is 7.82. The topological polar surface area (TPSA) is 216 Å². The van der Waals surface area contributed by atoms with E-state index in [1.54, 1.807) is 6.07 Å². The number of rotatable bonds is 11. The minimum atomic E-state index is -1.51. The number of benzene rings is 1. The molecular formula is C24H20N7NaO7S4. The number of carbonyl (C=O) groups is 3. The fourth-order valence-electron chi connectivity index (χ4n) is 3.94. The molecule has 0 bridgehead atoms. The summed E-state index contributed by atoms with van der Waals surface area (Å²) in [4.78, 5) is 48.5. The van der Waals surface area contributed by atoms with E-state index in [0.29, 0.717) is 20.5 Å². The van der Waals surface area contributed by atoms with Crippen LogP contribution in [0.15, 0.2) is 57.0 Å². The van der Waals surface area contributed by atoms with E-state index in [0.717, 1.165) is 16.2 Å². The van der Waals surface area contributed by atoms with Crippen LogP contribution < -0.4 is 45.7 Å². The molecule has 0 spiro atoms. The molecule has 0 radical (unpaired) electrons. The molecule has 1 aromatic carbocycles. The Bertz CT molecular complexity index is 1640. The van der Waals surface area contributed by atoms with Gasteiger partial charge in [-0.05, 0) is 23.8 Å². The van der Waals surface area contributed by atoms with E-state index in [1.165, 1.54) is 58.4 Å². The number of oxime groups is 1. The van der Waals surface area contributed by atoms with Crippen LogP contribution in [0.1, 0.15) is 5.69 Å². The molecular weight excluding hydrogens is 650 g/mol. The van der Waals surface area contributed by atoms with Gasteiger partial charge in [0.25, 0.3) is 11.8 Å². The molecule has 14 nitrogen and oxygen atoms in total. The van der Waals surface area contributed by atoms with Crippen LogP contribution in [0.2, 0.25) is 0 Å². The summed E-state index contributed by atoms with van der Waals surface area (Å²) in [6.45, 7) is 3.55. The van der Waals surface area contributed by atoms with Gasteiger partial charge in [0, 0.05) is 22.4 Å². The van der Waals surface area contributed by atoms with Crippen molar-refractivity contribution in [2.75, 3.05) is 23.8 Å². The number of aromatic hydroxyl groups is 2. The third-order valence-corrected chi connectivity index (χ3v) is 10.1. The van der Waals surface area contributed by atoms with E-state index >= 15 is 0 Å². The molecule has 3 aromatic rings. The third-order valence-electron chi connectivity index (χ3n) is 5.85. The number of phenolic OH excluding ortho intramolecular Hbond substituents is 2. The molecule has 2 amide bonds. The summed E-state index contributed by atoms with van der Waals surface area (Å²) in [7, 11) is 0. The number of thioether (sulfide) groups is 2. The zero-order valence-electron chi connectivity index (χ0n) is 22.3. The molecule has 4 heterocycles. The van der Waals surface area contributed by atoms with E-state index in [9.17, 15) is 29.7 Å². The van der Waals surface area contributed by atoms with Crippen molar-refractivity contribution in [3.63, 3.8) is 0 Å². The van der Waals surface area contributed by atoms with Crippen LogP contribution in [0, 0.1) is 0 Å². The molecule has 2 atom stereocenters. The number of hydrogen-bond donors (Lipinski definition) is 4. The summed E-state index contributed by atoms with van der Waals surface area (Å²) >= 11 is 4.85. The number of thiazole rings is 1. The van der Waals surface area contributed by atoms with Crippen molar-refractivity contribution >= 4 is 74.8 Å². The second-order valence-corrected chi connectivity index (χ2v) is 12.8. The number of nitrogens with two attached hydrogens (primary N) is 1. The van der Waals surface area contributed by atoms with Gasteiger partial charge >= 0.3 is 29.6 Å². The van der Waals surface area contributed by atoms with Gasteiger partial charge in [0.15, 0.2) is 26.7 Å². The summed E-state index contributed by atoms with van der Waals surface area (Å²) in [6.07, 6.45) is 1.44. The standard InChI is InChI=1S/C24H21N7O7S4.Na/c1-2-5-38-30-15(12-9-40-23(25)26-12)18(34)27-16-20(35)31-17(22(36)37)11(7-39-21(16)31)8-41-24-29-28-19(42-24)10-3-4-13(32)14(33)6-10;/h2-4,6,9,16,21,32-33H,1,5,7-8H2,(H2,25,26)(H,27,34)(H,36,37);/q;+1/p-1/b30-15-;/t16-,21-;/m1./s1. The number of hydrogen-bond acceptors (Lipinski definition) is 16. The van der Waals surface area contributed by atoms with E-state index in [2.05, 4.69) is 32.2 Å². The first-order chi connectivity index (χ1) is 20.2. The molecule has 2 aliphatic heterocycles. The molecule has 218 valence electrons. The number of aliphatic carboxylic acids is 1. The maximum absolute atomic E-state index is 13.1. The van der Waals surface area contributed by atoms with E-state index in [4.69, 9.17) is 10.6 Å². The number of amides is 2. The average molecular weight is 670 g/mol. The van der Waals surface area contributed by atoms with Crippen molar-refractivity contribution < 1.29 is 64.1 Å². The Morgan fingerprint density at radius 2 is 2.12 bits per heavy atom. The van der Waals surface area contributed by atoms with Gasteiger partial charge in [0.1, 0.15) is 28.7 Å². The number of carbonyl (C=O) groups excluding carboxylic acids is 3. The number of nitrogen functional groups attached to an aromatic ring is 1. The first-order valence-electron chi connectivity index (χ1n) is 11.9. The zero-order chi connectivity index (χ0) is 30.0. The smallest absolute Gasteiger partial charge is 0.543 e. The second kappa shape index (κ2) is 14.1. The van der Waals surface area contributed by atoms with Gasteiger partial charge in [0.2, 0.25) is 0 Å². The van der Waals surface area contributed by atoms with Crippen molar-refractivity contribution in [3.05, 3.63) is 53.2 Å². The van der Waals surface area contributed by atoms with Crippen molar-refractivity contribution in [3.8, 4) is 22.1 Å². The Morgan fingerprint density at radius 1 is 1.33 bits per heavy atom. The molecule has 0 unspecified atom stereocenters. The van der Waals surface area contributed by atoms with Gasteiger partial charge in [-0.15, -0.1) is 33.3 Å². The molecule has 43 heavy (non-hydrogen) atoms. The number of carboxylic acids is 1. The SMILES string of the molecule is C=CCO/N=C(\C(=O)N[C@@H]1C(=O)N2C(C(=O)[O-])=C(CSc3nnc(-c4ccc(O)c(O)c4)s3)CS[C@H]12)c1csc(N)n1.[Na+]. The Kier molecular flexibility index (Phi) is 10.8. The maximum Gasteiger partial charge on any atom is 1.00 e. The van der Waals surface area contributed by atoms with Gasteiger partial charge in [-0.1, -0.05) is 40.9 Å². The van der Waals surface area contributed by atoms with Crippen molar-refractivity contribution in [1.82, 2.24) is 25.4 Å². The van der Waals surface area contributed by atoms with Crippen LogP contribution in [-0.4, -0.2) is 83.3 Å². The van der Waals surface area contributed by atoms with Crippen LogP contribution in [0.25, 0.3) is 10.6 Å². The van der Waals surface area contributed by atoms with Gasteiger partial charge in [-0.2, -0.15) is 0 Å². The van der Waals surface area contributed by atoms with Gasteiger partial charge < -0.3 is 36.0 Å². The third kappa shape index (κ3) is 7.00. The van der Waals surface area contributed by atoms with Crippen LogP contribution in [0.3, 0.4) is 0 Å². The Hall–Kier alpha value is -3.13. The van der Waals surface area contributed by atoms with Gasteiger partial charge in [-0.3, -0.25) is 14.5 Å². The predicted octanol–water partition coefficient (Wildman–Crippen LogP) is -2.24. The number of anilines is 1. The molecule has 0 aliphatic carbocycles. The Balaban J connectivity index is 0.00000423. The summed E-state index contributed by atoms with van der Waals surface area (Å²) < 4.78 is 0.531. The molecule has 5 rings (SSSR count). The number of phenols is 2. The normalized spacial score (nSPS) is 17.9. The number of carboxylic acid groups (broad SMARTS) is 1. The zero-order valence-corrected chi connectivity index (χ0v) is 27.5. The molecule has 2 aliphatic rings. The minimum absolute atomic E-state index is 0. The van der Waals surface area contributed by atoms with Crippen molar-refractivity contribution in [2.24, 2.45) is 5.16 Å². The molecule has 5 N–H and O–H groups in total. The summed E-state index contributed by atoms with van der Waals surface area (Å²) in [5.74, 6) is -2.95. The number of fused-ring (bicyclic) bond motifs is 1. The van der Waals surface area contributed by atoms with Gasteiger partial charge in [-0.25, -0.2) is 4.98 Å². The fraction of sp³-hybridized carbons (Fsp3) is 0.208. The number of nitrogens with zero attached hydrogens (tertiary/aromatic N) is 5. The number of β-lactam (4-membered cyclic amide) rings is 1. The van der Waals surface area contributed by atoms with Crippen LogP contribution in [0.4, 0.5) is 5.13 Å². The first kappa shape index (κ1) is 32.8. The maximum atomic E-state index is 13.1. The van der Waals surface area contributed by atoms with Crippen LogP contribution in [-0.2, 0) is 19.2 Å². The first-order valence-corrected chi connectivity index (χ1v) is 15.6. The van der Waals surface area contributed by atoms with E-state index in [1.807, 2.05) is 0 Å². The van der Waals surface area contributed by atoms with E-state index < -0.39 is 29.2 Å².